The average Bonchev–Trinajstić information content (AvgIpc) is 2.51. The van der Waals surface area contributed by atoms with E-state index in [0.717, 1.165) is 16.5 Å². The molecule has 1 heterocycles. The van der Waals surface area contributed by atoms with Gasteiger partial charge in [0.15, 0.2) is 0 Å². The third kappa shape index (κ3) is 2.68. The minimum atomic E-state index is 0.0252. The van der Waals surface area contributed by atoms with E-state index in [0.29, 0.717) is 12.3 Å². The number of hydrogen-bond acceptors (Lipinski definition) is 5. The molecule has 0 bridgehead atoms. The van der Waals surface area contributed by atoms with E-state index in [1.54, 1.807) is 25.4 Å². The van der Waals surface area contributed by atoms with Crippen molar-refractivity contribution >= 4 is 10.9 Å². The van der Waals surface area contributed by atoms with Crippen molar-refractivity contribution in [3.05, 3.63) is 47.8 Å². The Morgan fingerprint density at radius 2 is 2.15 bits per heavy atom. The van der Waals surface area contributed by atoms with Gasteiger partial charge in [0, 0.05) is 29.9 Å². The van der Waals surface area contributed by atoms with E-state index in [9.17, 15) is 0 Å². The molecule has 5 nitrogen and oxygen atoms in total. The molecule has 0 atom stereocenters. The first-order valence-corrected chi connectivity index (χ1v) is 5.94. The Kier molecular flexibility index (Phi) is 4.16. The van der Waals surface area contributed by atoms with E-state index in [-0.39, 0.29) is 5.57 Å². The number of nitrogens with one attached hydrogen (secondary N) is 1. The summed E-state index contributed by atoms with van der Waals surface area (Å²) < 4.78 is 5.33. The molecular weight excluding hydrogens is 252 g/mol. The van der Waals surface area contributed by atoms with Crippen molar-refractivity contribution in [1.29, 1.82) is 10.5 Å². The second-order valence-electron chi connectivity index (χ2n) is 3.98. The summed E-state index contributed by atoms with van der Waals surface area (Å²) in [7, 11) is 1.60. The van der Waals surface area contributed by atoms with Crippen LogP contribution in [0.2, 0.25) is 0 Å². The molecule has 5 heteroatoms. The molecule has 0 aliphatic heterocycles. The van der Waals surface area contributed by atoms with Crippen molar-refractivity contribution in [2.24, 2.45) is 0 Å². The third-order valence-corrected chi connectivity index (χ3v) is 2.82. The van der Waals surface area contributed by atoms with Crippen LogP contribution in [0.25, 0.3) is 10.9 Å². The highest BCUT2D eigenvalue weighted by Crippen LogP contribution is 2.26. The van der Waals surface area contributed by atoms with Crippen LogP contribution in [-0.2, 0) is 6.54 Å². The number of nitriles is 2. The van der Waals surface area contributed by atoms with Gasteiger partial charge in [0.2, 0.25) is 0 Å². The van der Waals surface area contributed by atoms with Crippen molar-refractivity contribution in [2.75, 3.05) is 7.11 Å². The number of fused-ring (bicyclic) bond motifs is 1. The van der Waals surface area contributed by atoms with Crippen LogP contribution in [-0.4, -0.2) is 12.1 Å². The molecule has 1 aromatic carbocycles. The van der Waals surface area contributed by atoms with Crippen molar-refractivity contribution in [1.82, 2.24) is 10.3 Å². The van der Waals surface area contributed by atoms with Gasteiger partial charge in [0.25, 0.3) is 0 Å². The lowest BCUT2D eigenvalue weighted by molar-refractivity contribution is 0.409. The predicted molar refractivity (Wildman–Crippen MR) is 74.4 cm³/mol. The number of methoxy groups -OCH3 is 1. The predicted octanol–water partition coefficient (Wildman–Crippen LogP) is 2.26. The monoisotopic (exact) mass is 264 g/mol. The minimum absolute atomic E-state index is 0.0252. The molecule has 0 aliphatic rings. The Morgan fingerprint density at radius 3 is 2.85 bits per heavy atom. The van der Waals surface area contributed by atoms with Gasteiger partial charge in [-0.3, -0.25) is 4.98 Å². The summed E-state index contributed by atoms with van der Waals surface area (Å²) in [5.41, 5.74) is 1.75. The van der Waals surface area contributed by atoms with Crippen LogP contribution in [0.4, 0.5) is 0 Å². The SMILES string of the molecule is COc1ccc2cccnc2c1CNC=C(C#N)C#N. The maximum Gasteiger partial charge on any atom is 0.145 e. The highest BCUT2D eigenvalue weighted by Gasteiger charge is 2.08. The van der Waals surface area contributed by atoms with E-state index in [1.807, 2.05) is 24.3 Å². The van der Waals surface area contributed by atoms with E-state index in [2.05, 4.69) is 10.3 Å². The Labute approximate surface area is 116 Å². The normalized spacial score (nSPS) is 9.35. The number of pyridine rings is 1. The fourth-order valence-corrected chi connectivity index (χ4v) is 1.89. The quantitative estimate of drug-likeness (QED) is 0.856. The van der Waals surface area contributed by atoms with Gasteiger partial charge in [0.1, 0.15) is 23.5 Å². The summed E-state index contributed by atoms with van der Waals surface area (Å²) in [6.45, 7) is 0.421. The summed E-state index contributed by atoms with van der Waals surface area (Å²) in [5.74, 6) is 0.715. The summed E-state index contributed by atoms with van der Waals surface area (Å²) in [4.78, 5) is 4.36. The lowest BCUT2D eigenvalue weighted by atomic mass is 10.1. The zero-order valence-electron chi connectivity index (χ0n) is 10.9. The second kappa shape index (κ2) is 6.21. The molecular formula is C15H12N4O. The Hall–Kier alpha value is -3.05. The van der Waals surface area contributed by atoms with Crippen LogP contribution >= 0.6 is 0 Å². The van der Waals surface area contributed by atoms with E-state index in [4.69, 9.17) is 15.3 Å². The Bertz CT molecular complexity index is 722. The van der Waals surface area contributed by atoms with E-state index < -0.39 is 0 Å². The molecule has 1 aromatic heterocycles. The zero-order valence-corrected chi connectivity index (χ0v) is 10.9. The summed E-state index contributed by atoms with van der Waals surface area (Å²) in [6, 6.07) is 11.2. The van der Waals surface area contributed by atoms with Crippen LogP contribution in [0, 0.1) is 22.7 Å². The Balaban J connectivity index is 2.36. The molecule has 0 saturated carbocycles. The summed E-state index contributed by atoms with van der Waals surface area (Å²) >= 11 is 0. The molecule has 1 N–H and O–H groups in total. The molecule has 0 aliphatic carbocycles. The summed E-state index contributed by atoms with van der Waals surface area (Å²) in [5, 5.41) is 21.3. The van der Waals surface area contributed by atoms with Crippen LogP contribution in [0.1, 0.15) is 5.56 Å². The van der Waals surface area contributed by atoms with Crippen LogP contribution in [0.15, 0.2) is 42.2 Å². The van der Waals surface area contributed by atoms with Crippen LogP contribution in [0.5, 0.6) is 5.75 Å². The van der Waals surface area contributed by atoms with Crippen molar-refractivity contribution < 1.29 is 4.74 Å². The van der Waals surface area contributed by atoms with E-state index in [1.165, 1.54) is 6.20 Å². The van der Waals surface area contributed by atoms with Gasteiger partial charge in [-0.25, -0.2) is 0 Å². The molecule has 0 fully saturated rings. The van der Waals surface area contributed by atoms with Crippen LogP contribution in [0.3, 0.4) is 0 Å². The minimum Gasteiger partial charge on any atom is -0.496 e. The van der Waals surface area contributed by atoms with Gasteiger partial charge < -0.3 is 10.1 Å². The fourth-order valence-electron chi connectivity index (χ4n) is 1.89. The lowest BCUT2D eigenvalue weighted by Gasteiger charge is -2.11. The van der Waals surface area contributed by atoms with Gasteiger partial charge in [-0.2, -0.15) is 10.5 Å². The second-order valence-corrected chi connectivity index (χ2v) is 3.98. The van der Waals surface area contributed by atoms with Crippen molar-refractivity contribution in [2.45, 2.75) is 6.54 Å². The number of aromatic nitrogens is 1. The maximum absolute atomic E-state index is 8.68. The molecule has 0 amide bonds. The number of ether oxygens (including phenoxy) is 1. The number of allylic oxidation sites excluding steroid dienone is 1. The number of benzene rings is 1. The molecule has 0 unspecified atom stereocenters. The fraction of sp³-hybridized carbons (Fsp3) is 0.133. The van der Waals surface area contributed by atoms with Gasteiger partial charge in [0.05, 0.1) is 12.6 Å². The van der Waals surface area contributed by atoms with E-state index >= 15 is 0 Å². The molecule has 98 valence electrons. The first-order chi connectivity index (χ1) is 9.80. The van der Waals surface area contributed by atoms with Crippen molar-refractivity contribution in [3.63, 3.8) is 0 Å². The Morgan fingerprint density at radius 1 is 1.35 bits per heavy atom. The highest BCUT2D eigenvalue weighted by atomic mass is 16.5. The maximum atomic E-state index is 8.68. The topological polar surface area (TPSA) is 81.7 Å². The van der Waals surface area contributed by atoms with Crippen LogP contribution < -0.4 is 10.1 Å². The van der Waals surface area contributed by atoms with Gasteiger partial charge in [-0.1, -0.05) is 6.07 Å². The molecule has 2 aromatic rings. The molecule has 20 heavy (non-hydrogen) atoms. The first-order valence-electron chi connectivity index (χ1n) is 5.94. The third-order valence-electron chi connectivity index (χ3n) is 2.82. The first kappa shape index (κ1) is 13.4. The number of hydrogen-bond donors (Lipinski definition) is 1. The highest BCUT2D eigenvalue weighted by molar-refractivity contribution is 5.83. The molecule has 0 radical (unpaired) electrons. The smallest absolute Gasteiger partial charge is 0.145 e. The van der Waals surface area contributed by atoms with Gasteiger partial charge >= 0.3 is 0 Å². The molecule has 0 spiro atoms. The van der Waals surface area contributed by atoms with Gasteiger partial charge in [-0.15, -0.1) is 0 Å². The summed E-state index contributed by atoms with van der Waals surface area (Å²) in [6.07, 6.45) is 3.11. The molecule has 2 rings (SSSR count). The number of nitrogens with zero attached hydrogens (tertiary/aromatic N) is 3. The zero-order chi connectivity index (χ0) is 14.4. The number of rotatable bonds is 4. The van der Waals surface area contributed by atoms with Crippen molar-refractivity contribution in [3.8, 4) is 17.9 Å². The van der Waals surface area contributed by atoms with Gasteiger partial charge in [-0.05, 0) is 18.2 Å². The lowest BCUT2D eigenvalue weighted by Crippen LogP contribution is -2.08. The largest absolute Gasteiger partial charge is 0.496 e. The average molecular weight is 264 g/mol. The molecule has 0 saturated heterocycles. The standard InChI is InChI=1S/C15H12N4O/c1-20-14-5-4-12-3-2-6-19-15(12)13(14)10-18-9-11(7-16)8-17/h2-6,9,18H,10H2,1H3.